The van der Waals surface area contributed by atoms with Crippen LogP contribution in [-0.4, -0.2) is 13.0 Å². The molecular weight excluding hydrogens is 258 g/mol. The van der Waals surface area contributed by atoms with Gasteiger partial charge in [-0.1, -0.05) is 44.7 Å². The van der Waals surface area contributed by atoms with E-state index in [1.54, 1.807) is 7.05 Å². The average molecular weight is 284 g/mol. The summed E-state index contributed by atoms with van der Waals surface area (Å²) in [6.45, 7) is 6.67. The Morgan fingerprint density at radius 2 is 2.10 bits per heavy atom. The first-order valence-corrected chi connectivity index (χ1v) is 7.53. The minimum Gasteiger partial charge on any atom is -0.359 e. The van der Waals surface area contributed by atoms with Crippen molar-refractivity contribution < 1.29 is 4.79 Å². The largest absolute Gasteiger partial charge is 0.359 e. The Bertz CT molecular complexity index is 514. The molecule has 0 saturated carbocycles. The van der Waals surface area contributed by atoms with E-state index in [-0.39, 0.29) is 11.3 Å². The van der Waals surface area contributed by atoms with Crippen molar-refractivity contribution in [3.63, 3.8) is 0 Å². The van der Waals surface area contributed by atoms with E-state index < -0.39 is 0 Å². The number of aryl methyl sites for hydroxylation is 1. The first kappa shape index (κ1) is 17.3. The third-order valence-electron chi connectivity index (χ3n) is 3.11. The van der Waals surface area contributed by atoms with Crippen LogP contribution < -0.4 is 5.32 Å². The van der Waals surface area contributed by atoms with Gasteiger partial charge in [0.2, 0.25) is 5.91 Å². The molecule has 0 aromatic heterocycles. The minimum atomic E-state index is 0.0377. The molecule has 1 N–H and O–H groups in total. The molecule has 0 aliphatic rings. The van der Waals surface area contributed by atoms with Crippen LogP contribution in [-0.2, 0) is 11.2 Å². The first-order chi connectivity index (χ1) is 9.90. The predicted molar refractivity (Wildman–Crippen MR) is 88.7 cm³/mol. The number of hydrogen-bond acceptors (Lipinski definition) is 1. The smallest absolute Gasteiger partial charge is 0.220 e. The molecule has 0 aliphatic heterocycles. The van der Waals surface area contributed by atoms with Gasteiger partial charge in [0, 0.05) is 25.5 Å². The van der Waals surface area contributed by atoms with Crippen LogP contribution >= 0.6 is 0 Å². The SMILES string of the molecule is CNC(=O)CCC#Cc1cccc(CC[CH]C(C)(C)C)c1. The van der Waals surface area contributed by atoms with Gasteiger partial charge in [0.15, 0.2) is 0 Å². The van der Waals surface area contributed by atoms with Gasteiger partial charge in [-0.25, -0.2) is 0 Å². The van der Waals surface area contributed by atoms with Gasteiger partial charge < -0.3 is 5.32 Å². The Balaban J connectivity index is 2.49. The van der Waals surface area contributed by atoms with Crippen LogP contribution in [0.4, 0.5) is 0 Å². The Hall–Kier alpha value is -1.75. The van der Waals surface area contributed by atoms with Crippen LogP contribution in [0.25, 0.3) is 0 Å². The third kappa shape index (κ3) is 8.19. The lowest BCUT2D eigenvalue weighted by Crippen LogP contribution is -2.16. The molecule has 0 bridgehead atoms. The molecule has 1 radical (unpaired) electrons. The van der Waals surface area contributed by atoms with Crippen molar-refractivity contribution >= 4 is 5.91 Å². The molecule has 113 valence electrons. The molecule has 2 nitrogen and oxygen atoms in total. The second-order valence-electron chi connectivity index (χ2n) is 6.28. The monoisotopic (exact) mass is 284 g/mol. The number of amides is 1. The van der Waals surface area contributed by atoms with Crippen molar-refractivity contribution in [1.82, 2.24) is 5.32 Å². The van der Waals surface area contributed by atoms with Crippen LogP contribution in [0.15, 0.2) is 24.3 Å². The number of rotatable bonds is 5. The fraction of sp³-hybridized carbons (Fsp3) is 0.474. The Labute approximate surface area is 129 Å². The zero-order chi connectivity index (χ0) is 15.7. The van der Waals surface area contributed by atoms with Gasteiger partial charge in [0.25, 0.3) is 0 Å². The maximum atomic E-state index is 11.1. The van der Waals surface area contributed by atoms with Gasteiger partial charge in [-0.3, -0.25) is 4.79 Å². The number of carbonyl (C=O) groups is 1. The Morgan fingerprint density at radius 3 is 2.76 bits per heavy atom. The summed E-state index contributed by atoms with van der Waals surface area (Å²) in [5.74, 6) is 6.22. The van der Waals surface area contributed by atoms with Crippen molar-refractivity contribution in [3.05, 3.63) is 41.8 Å². The minimum absolute atomic E-state index is 0.0377. The molecule has 1 aromatic rings. The lowest BCUT2D eigenvalue weighted by Gasteiger charge is -2.17. The summed E-state index contributed by atoms with van der Waals surface area (Å²) in [5, 5.41) is 2.60. The van der Waals surface area contributed by atoms with Gasteiger partial charge in [-0.05, 0) is 42.4 Å². The molecule has 0 heterocycles. The van der Waals surface area contributed by atoms with Crippen molar-refractivity contribution in [3.8, 4) is 11.8 Å². The molecular formula is C19H26NO. The molecule has 0 atom stereocenters. The summed E-state index contributed by atoms with van der Waals surface area (Å²) in [5.41, 5.74) is 2.62. The van der Waals surface area contributed by atoms with Crippen LogP contribution in [0, 0.1) is 23.7 Å². The van der Waals surface area contributed by atoms with Gasteiger partial charge in [-0.15, -0.1) is 0 Å². The quantitative estimate of drug-likeness (QED) is 0.820. The highest BCUT2D eigenvalue weighted by atomic mass is 16.1. The molecule has 0 unspecified atom stereocenters. The summed E-state index contributed by atoms with van der Waals surface area (Å²) in [6.07, 6.45) is 5.54. The lowest BCUT2D eigenvalue weighted by atomic mass is 9.89. The van der Waals surface area contributed by atoms with Crippen LogP contribution in [0.2, 0.25) is 0 Å². The molecule has 2 heteroatoms. The maximum Gasteiger partial charge on any atom is 0.220 e. The third-order valence-corrected chi connectivity index (χ3v) is 3.11. The highest BCUT2D eigenvalue weighted by molar-refractivity contribution is 5.75. The normalized spacial score (nSPS) is 10.7. The molecule has 0 spiro atoms. The molecule has 1 aromatic carbocycles. The number of nitrogens with one attached hydrogen (secondary N) is 1. The number of carbonyl (C=O) groups excluding carboxylic acids is 1. The zero-order valence-electron chi connectivity index (χ0n) is 13.6. The number of hydrogen-bond donors (Lipinski definition) is 1. The predicted octanol–water partition coefficient (Wildman–Crippen LogP) is 3.75. The van der Waals surface area contributed by atoms with Crippen molar-refractivity contribution in [2.24, 2.45) is 5.41 Å². The van der Waals surface area contributed by atoms with E-state index >= 15 is 0 Å². The van der Waals surface area contributed by atoms with Gasteiger partial charge >= 0.3 is 0 Å². The fourth-order valence-corrected chi connectivity index (χ4v) is 1.94. The van der Waals surface area contributed by atoms with E-state index in [9.17, 15) is 4.79 Å². The average Bonchev–Trinajstić information content (AvgIpc) is 2.42. The van der Waals surface area contributed by atoms with E-state index in [0.717, 1.165) is 18.4 Å². The molecule has 1 amide bonds. The van der Waals surface area contributed by atoms with Gasteiger partial charge in [0.05, 0.1) is 0 Å². The van der Waals surface area contributed by atoms with E-state index in [0.29, 0.717) is 12.8 Å². The summed E-state index contributed by atoms with van der Waals surface area (Å²) in [7, 11) is 1.65. The lowest BCUT2D eigenvalue weighted by molar-refractivity contribution is -0.120. The zero-order valence-corrected chi connectivity index (χ0v) is 13.6. The van der Waals surface area contributed by atoms with E-state index in [1.165, 1.54) is 5.56 Å². The maximum absolute atomic E-state index is 11.1. The second kappa shape index (κ2) is 8.52. The van der Waals surface area contributed by atoms with Crippen LogP contribution in [0.3, 0.4) is 0 Å². The van der Waals surface area contributed by atoms with Crippen LogP contribution in [0.5, 0.6) is 0 Å². The van der Waals surface area contributed by atoms with Crippen molar-refractivity contribution in [2.45, 2.75) is 46.5 Å². The fourth-order valence-electron chi connectivity index (χ4n) is 1.94. The standard InChI is InChI=1S/C19H26NO/c1-19(2,3)14-8-12-17-11-7-10-16(15-17)9-5-6-13-18(21)20-4/h7,10-11,14-15H,6,8,12-13H2,1-4H3,(H,20,21). The summed E-state index contributed by atoms with van der Waals surface area (Å²) < 4.78 is 0. The second-order valence-corrected chi connectivity index (χ2v) is 6.28. The summed E-state index contributed by atoms with van der Waals surface area (Å²) in [6, 6.07) is 8.36. The highest BCUT2D eigenvalue weighted by Gasteiger charge is 2.09. The topological polar surface area (TPSA) is 29.1 Å². The molecule has 0 aliphatic carbocycles. The highest BCUT2D eigenvalue weighted by Crippen LogP contribution is 2.20. The van der Waals surface area contributed by atoms with E-state index in [4.69, 9.17) is 0 Å². The molecule has 21 heavy (non-hydrogen) atoms. The van der Waals surface area contributed by atoms with Crippen molar-refractivity contribution in [2.75, 3.05) is 7.05 Å². The first-order valence-electron chi connectivity index (χ1n) is 7.53. The van der Waals surface area contributed by atoms with Crippen LogP contribution in [0.1, 0.15) is 51.2 Å². The Kier molecular flexibility index (Phi) is 7.02. The summed E-state index contributed by atoms with van der Waals surface area (Å²) >= 11 is 0. The van der Waals surface area contributed by atoms with E-state index in [2.05, 4.69) is 62.5 Å². The van der Waals surface area contributed by atoms with E-state index in [1.807, 2.05) is 6.07 Å². The molecule has 1 rings (SSSR count). The number of benzene rings is 1. The van der Waals surface area contributed by atoms with Gasteiger partial charge in [0.1, 0.15) is 0 Å². The molecule has 0 saturated heterocycles. The Morgan fingerprint density at radius 1 is 1.33 bits per heavy atom. The molecule has 0 fully saturated rings. The van der Waals surface area contributed by atoms with Crippen molar-refractivity contribution in [1.29, 1.82) is 0 Å². The summed E-state index contributed by atoms with van der Waals surface area (Å²) in [4.78, 5) is 11.1. The van der Waals surface area contributed by atoms with Gasteiger partial charge in [-0.2, -0.15) is 0 Å².